The van der Waals surface area contributed by atoms with E-state index in [0.717, 1.165) is 24.1 Å². The van der Waals surface area contributed by atoms with Crippen molar-refractivity contribution in [1.82, 2.24) is 4.90 Å². The average molecular weight is 266 g/mol. The van der Waals surface area contributed by atoms with E-state index in [1.165, 1.54) is 30.8 Å². The van der Waals surface area contributed by atoms with Crippen LogP contribution in [0.4, 0.5) is 0 Å². The van der Waals surface area contributed by atoms with E-state index >= 15 is 0 Å². The van der Waals surface area contributed by atoms with Gasteiger partial charge >= 0.3 is 0 Å². The zero-order valence-electron chi connectivity index (χ0n) is 11.0. The van der Waals surface area contributed by atoms with E-state index in [0.29, 0.717) is 0 Å². The Morgan fingerprint density at radius 2 is 1.94 bits per heavy atom. The molecule has 0 aliphatic carbocycles. The number of rotatable bonds is 5. The summed E-state index contributed by atoms with van der Waals surface area (Å²) in [6, 6.07) is 8.36. The van der Waals surface area contributed by atoms with Crippen LogP contribution in [0.25, 0.3) is 0 Å². The molecule has 100 valence electrons. The van der Waals surface area contributed by atoms with Crippen molar-refractivity contribution in [1.29, 1.82) is 0 Å². The second-order valence-corrected chi connectivity index (χ2v) is 6.00. The number of ether oxygens (including phenoxy) is 1. The van der Waals surface area contributed by atoms with Gasteiger partial charge in [-0.1, -0.05) is 0 Å². The Kier molecular flexibility index (Phi) is 5.35. The van der Waals surface area contributed by atoms with Crippen molar-refractivity contribution in [2.45, 2.75) is 23.0 Å². The largest absolute Gasteiger partial charge is 0.497 e. The quantitative estimate of drug-likeness (QED) is 0.887. The minimum absolute atomic E-state index is 0.743. The zero-order chi connectivity index (χ0) is 12.8. The first-order valence-electron chi connectivity index (χ1n) is 6.55. The summed E-state index contributed by atoms with van der Waals surface area (Å²) in [5.74, 6) is 0.928. The summed E-state index contributed by atoms with van der Waals surface area (Å²) in [7, 11) is 1.70. The van der Waals surface area contributed by atoms with Crippen LogP contribution >= 0.6 is 11.8 Å². The van der Waals surface area contributed by atoms with Crippen LogP contribution < -0.4 is 10.5 Å². The number of nitrogens with two attached hydrogens (primary N) is 1. The third kappa shape index (κ3) is 3.90. The Hall–Kier alpha value is -0.710. The van der Waals surface area contributed by atoms with Crippen LogP contribution in [-0.2, 0) is 0 Å². The van der Waals surface area contributed by atoms with Gasteiger partial charge in [0.1, 0.15) is 5.75 Å². The van der Waals surface area contributed by atoms with Gasteiger partial charge in [-0.05, 0) is 50.2 Å². The average Bonchev–Trinajstić information content (AvgIpc) is 2.42. The first kappa shape index (κ1) is 13.7. The van der Waals surface area contributed by atoms with E-state index in [1.54, 1.807) is 7.11 Å². The molecule has 4 heteroatoms. The van der Waals surface area contributed by atoms with Crippen molar-refractivity contribution in [3.63, 3.8) is 0 Å². The van der Waals surface area contributed by atoms with Gasteiger partial charge in [0.25, 0.3) is 0 Å². The van der Waals surface area contributed by atoms with E-state index in [-0.39, 0.29) is 0 Å². The molecule has 0 amide bonds. The fourth-order valence-corrected chi connectivity index (χ4v) is 3.40. The number of hydrogen-bond donors (Lipinski definition) is 1. The molecule has 2 rings (SSSR count). The zero-order valence-corrected chi connectivity index (χ0v) is 11.8. The van der Waals surface area contributed by atoms with Gasteiger partial charge in [-0.2, -0.15) is 0 Å². The molecule has 0 saturated carbocycles. The van der Waals surface area contributed by atoms with Gasteiger partial charge < -0.3 is 15.4 Å². The maximum Gasteiger partial charge on any atom is 0.118 e. The Bertz CT molecular complexity index is 347. The molecule has 1 heterocycles. The first-order valence-corrected chi connectivity index (χ1v) is 7.43. The van der Waals surface area contributed by atoms with Gasteiger partial charge in [-0.15, -0.1) is 11.8 Å². The number of hydrogen-bond acceptors (Lipinski definition) is 4. The number of likely N-dealkylation sites (tertiary alicyclic amines) is 1. The van der Waals surface area contributed by atoms with E-state index < -0.39 is 0 Å². The minimum Gasteiger partial charge on any atom is -0.497 e. The van der Waals surface area contributed by atoms with Crippen LogP contribution in [0.5, 0.6) is 5.75 Å². The fraction of sp³-hybridized carbons (Fsp3) is 0.571. The lowest BCUT2D eigenvalue weighted by atomic mass is 10.1. The highest BCUT2D eigenvalue weighted by Gasteiger charge is 2.19. The highest BCUT2D eigenvalue weighted by atomic mass is 32.2. The maximum atomic E-state index is 5.59. The lowest BCUT2D eigenvalue weighted by Crippen LogP contribution is -2.37. The molecule has 2 N–H and O–H groups in total. The number of benzene rings is 1. The normalized spacial score (nSPS) is 17.9. The van der Waals surface area contributed by atoms with Gasteiger partial charge in [-0.3, -0.25) is 0 Å². The maximum absolute atomic E-state index is 5.59. The predicted octanol–water partition coefficient (Wildman–Crippen LogP) is 2.21. The summed E-state index contributed by atoms with van der Waals surface area (Å²) in [5.41, 5.74) is 5.59. The van der Waals surface area contributed by atoms with Crippen molar-refractivity contribution in [3.8, 4) is 5.75 Å². The number of methoxy groups -OCH3 is 1. The van der Waals surface area contributed by atoms with Crippen LogP contribution in [0, 0.1) is 0 Å². The Balaban J connectivity index is 1.80. The number of nitrogens with zero attached hydrogens (tertiary/aromatic N) is 1. The van der Waals surface area contributed by atoms with Crippen molar-refractivity contribution in [2.75, 3.05) is 33.3 Å². The summed E-state index contributed by atoms with van der Waals surface area (Å²) >= 11 is 1.99. The fourth-order valence-electron chi connectivity index (χ4n) is 2.28. The molecule has 1 fully saturated rings. The van der Waals surface area contributed by atoms with Gasteiger partial charge in [-0.25, -0.2) is 0 Å². The highest BCUT2D eigenvalue weighted by molar-refractivity contribution is 8.00. The van der Waals surface area contributed by atoms with Gasteiger partial charge in [0, 0.05) is 23.2 Å². The highest BCUT2D eigenvalue weighted by Crippen LogP contribution is 2.31. The van der Waals surface area contributed by atoms with Crippen LogP contribution in [0.1, 0.15) is 12.8 Å². The number of piperidine rings is 1. The monoisotopic (exact) mass is 266 g/mol. The molecule has 1 aromatic carbocycles. The third-order valence-corrected chi connectivity index (χ3v) is 4.69. The third-order valence-electron chi connectivity index (χ3n) is 3.34. The van der Waals surface area contributed by atoms with Crippen LogP contribution in [0.15, 0.2) is 29.2 Å². The molecule has 0 bridgehead atoms. The van der Waals surface area contributed by atoms with Gasteiger partial charge in [0.05, 0.1) is 7.11 Å². The van der Waals surface area contributed by atoms with E-state index in [2.05, 4.69) is 17.0 Å². The Morgan fingerprint density at radius 1 is 1.28 bits per heavy atom. The molecule has 0 spiro atoms. The van der Waals surface area contributed by atoms with Crippen molar-refractivity contribution < 1.29 is 4.74 Å². The smallest absolute Gasteiger partial charge is 0.118 e. The molecule has 1 aliphatic rings. The standard InChI is InChI=1S/C14H22N2OS/c1-17-12-2-4-13(5-3-12)18-14-6-9-16(10-7-14)11-8-15/h2-5,14H,6-11,15H2,1H3. The molecule has 1 aromatic rings. The summed E-state index contributed by atoms with van der Waals surface area (Å²) < 4.78 is 5.17. The van der Waals surface area contributed by atoms with Crippen LogP contribution in [-0.4, -0.2) is 43.4 Å². The molecule has 0 aromatic heterocycles. The molecule has 18 heavy (non-hydrogen) atoms. The summed E-state index contributed by atoms with van der Waals surface area (Å²) in [5, 5.41) is 0.743. The molecule has 0 unspecified atom stereocenters. The summed E-state index contributed by atoms with van der Waals surface area (Å²) in [6.07, 6.45) is 2.52. The summed E-state index contributed by atoms with van der Waals surface area (Å²) in [6.45, 7) is 4.19. The van der Waals surface area contributed by atoms with Crippen molar-refractivity contribution >= 4 is 11.8 Å². The van der Waals surface area contributed by atoms with Gasteiger partial charge in [0.2, 0.25) is 0 Å². The van der Waals surface area contributed by atoms with E-state index in [9.17, 15) is 0 Å². The second-order valence-electron chi connectivity index (χ2n) is 4.62. The SMILES string of the molecule is COc1ccc(SC2CCN(CCN)CC2)cc1. The predicted molar refractivity (Wildman–Crippen MR) is 77.4 cm³/mol. The Labute approximate surface area is 114 Å². The van der Waals surface area contributed by atoms with Crippen LogP contribution in [0.2, 0.25) is 0 Å². The molecular formula is C14H22N2OS. The van der Waals surface area contributed by atoms with E-state index in [4.69, 9.17) is 10.5 Å². The second kappa shape index (κ2) is 7.02. The van der Waals surface area contributed by atoms with Crippen molar-refractivity contribution in [2.24, 2.45) is 5.73 Å². The molecule has 1 aliphatic heterocycles. The molecular weight excluding hydrogens is 244 g/mol. The Morgan fingerprint density at radius 3 is 2.50 bits per heavy atom. The van der Waals surface area contributed by atoms with Crippen molar-refractivity contribution in [3.05, 3.63) is 24.3 Å². The summed E-state index contributed by atoms with van der Waals surface area (Å²) in [4.78, 5) is 3.80. The van der Waals surface area contributed by atoms with Crippen LogP contribution in [0.3, 0.4) is 0 Å². The van der Waals surface area contributed by atoms with E-state index in [1.807, 2.05) is 23.9 Å². The molecule has 1 saturated heterocycles. The first-order chi connectivity index (χ1) is 8.81. The minimum atomic E-state index is 0.743. The molecule has 0 atom stereocenters. The molecule has 3 nitrogen and oxygen atoms in total. The lowest BCUT2D eigenvalue weighted by Gasteiger charge is -2.31. The number of thioether (sulfide) groups is 1. The van der Waals surface area contributed by atoms with Gasteiger partial charge in [0.15, 0.2) is 0 Å². The topological polar surface area (TPSA) is 38.5 Å². The molecule has 0 radical (unpaired) electrons. The lowest BCUT2D eigenvalue weighted by molar-refractivity contribution is 0.239.